The van der Waals surface area contributed by atoms with Gasteiger partial charge in [-0.3, -0.25) is 14.5 Å². The van der Waals surface area contributed by atoms with Crippen LogP contribution in [-0.2, 0) is 9.59 Å². The Kier molecular flexibility index (Phi) is 6.19. The lowest BCUT2D eigenvalue weighted by atomic mass is 10.2. The van der Waals surface area contributed by atoms with E-state index >= 15 is 0 Å². The molecule has 1 N–H and O–H groups in total. The third kappa shape index (κ3) is 4.86. The molecular weight excluding hydrogens is 216 g/mol. The molecule has 0 aromatic rings. The molecule has 0 saturated carbocycles. The normalized spacial score (nSPS) is 19.3. The van der Waals surface area contributed by atoms with Crippen LogP contribution >= 0.6 is 0 Å². The number of hydrogen-bond acceptors (Lipinski definition) is 3. The third-order valence-corrected chi connectivity index (χ3v) is 3.16. The Hall–Kier alpha value is -0.900. The molecule has 0 spiro atoms. The number of carbonyl (C=O) groups excluding carboxylic acids is 2. The highest BCUT2D eigenvalue weighted by Crippen LogP contribution is 2.13. The first-order valence-corrected chi connectivity index (χ1v) is 6.71. The van der Waals surface area contributed by atoms with Crippen molar-refractivity contribution in [2.24, 2.45) is 0 Å². The van der Waals surface area contributed by atoms with Crippen molar-refractivity contribution in [2.45, 2.75) is 58.4 Å². The van der Waals surface area contributed by atoms with Gasteiger partial charge in [-0.05, 0) is 39.2 Å². The van der Waals surface area contributed by atoms with Crippen LogP contribution in [0.15, 0.2) is 0 Å². The summed E-state index contributed by atoms with van der Waals surface area (Å²) in [4.78, 5) is 24.9. The van der Waals surface area contributed by atoms with Gasteiger partial charge < -0.3 is 5.32 Å². The number of nitrogens with zero attached hydrogens (tertiary/aromatic N) is 1. The highest BCUT2D eigenvalue weighted by molar-refractivity contribution is 5.95. The van der Waals surface area contributed by atoms with Gasteiger partial charge in [0, 0.05) is 25.4 Å². The Balaban J connectivity index is 2.37. The Morgan fingerprint density at radius 1 is 1.24 bits per heavy atom. The maximum absolute atomic E-state index is 11.7. The summed E-state index contributed by atoms with van der Waals surface area (Å²) in [6, 6.07) is 0.360. The van der Waals surface area contributed by atoms with E-state index in [1.807, 2.05) is 0 Å². The van der Waals surface area contributed by atoms with Gasteiger partial charge in [-0.15, -0.1) is 0 Å². The van der Waals surface area contributed by atoms with Crippen LogP contribution in [0.4, 0.5) is 0 Å². The van der Waals surface area contributed by atoms with Crippen LogP contribution in [0.3, 0.4) is 0 Å². The number of hydrogen-bond donors (Lipinski definition) is 1. The van der Waals surface area contributed by atoms with E-state index in [0.29, 0.717) is 25.4 Å². The standard InChI is InChI=1S/C13H24N2O2/c1-3-9-14-11(2)8-10-15-12(16)6-4-5-7-13(15)17/h11,14H,3-10H2,1-2H3. The minimum atomic E-state index is 0.00944. The molecule has 17 heavy (non-hydrogen) atoms. The fraction of sp³-hybridized carbons (Fsp3) is 0.846. The second-order valence-electron chi connectivity index (χ2n) is 4.79. The SMILES string of the molecule is CCCNC(C)CCN1C(=O)CCCCC1=O. The number of imide groups is 1. The minimum Gasteiger partial charge on any atom is -0.314 e. The molecule has 4 heteroatoms. The van der Waals surface area contributed by atoms with E-state index in [0.717, 1.165) is 32.2 Å². The van der Waals surface area contributed by atoms with Crippen LogP contribution in [0, 0.1) is 0 Å². The Bertz CT molecular complexity index is 248. The van der Waals surface area contributed by atoms with Gasteiger partial charge in [0.15, 0.2) is 0 Å². The summed E-state index contributed by atoms with van der Waals surface area (Å²) in [5, 5.41) is 3.37. The van der Waals surface area contributed by atoms with Crippen molar-refractivity contribution in [1.82, 2.24) is 10.2 Å². The molecule has 4 nitrogen and oxygen atoms in total. The molecule has 2 amide bonds. The second kappa shape index (κ2) is 7.43. The maximum atomic E-state index is 11.7. The molecular formula is C13H24N2O2. The molecule has 0 aliphatic carbocycles. The van der Waals surface area contributed by atoms with Crippen LogP contribution in [0.1, 0.15) is 52.4 Å². The zero-order chi connectivity index (χ0) is 12.7. The van der Waals surface area contributed by atoms with E-state index in [2.05, 4.69) is 19.2 Å². The van der Waals surface area contributed by atoms with Gasteiger partial charge in [0.25, 0.3) is 0 Å². The molecule has 1 aliphatic heterocycles. The highest BCUT2D eigenvalue weighted by Gasteiger charge is 2.23. The first kappa shape index (κ1) is 14.2. The molecule has 1 rings (SSSR count). The van der Waals surface area contributed by atoms with Gasteiger partial charge >= 0.3 is 0 Å². The van der Waals surface area contributed by atoms with Crippen molar-refractivity contribution in [3.63, 3.8) is 0 Å². The van der Waals surface area contributed by atoms with Gasteiger partial charge in [-0.25, -0.2) is 0 Å². The lowest BCUT2D eigenvalue weighted by Crippen LogP contribution is -2.39. The molecule has 98 valence electrons. The Morgan fingerprint density at radius 3 is 2.35 bits per heavy atom. The van der Waals surface area contributed by atoms with E-state index in [1.54, 1.807) is 0 Å². The van der Waals surface area contributed by atoms with E-state index in [9.17, 15) is 9.59 Å². The van der Waals surface area contributed by atoms with E-state index in [4.69, 9.17) is 0 Å². The van der Waals surface area contributed by atoms with Gasteiger partial charge in [-0.1, -0.05) is 6.92 Å². The molecule has 1 fully saturated rings. The van der Waals surface area contributed by atoms with Crippen LogP contribution < -0.4 is 5.32 Å². The summed E-state index contributed by atoms with van der Waals surface area (Å²) in [5.41, 5.74) is 0. The molecule has 1 heterocycles. The summed E-state index contributed by atoms with van der Waals surface area (Å²) in [5.74, 6) is 0.0189. The number of carbonyl (C=O) groups is 2. The van der Waals surface area contributed by atoms with Gasteiger partial charge in [0.1, 0.15) is 0 Å². The maximum Gasteiger partial charge on any atom is 0.229 e. The largest absolute Gasteiger partial charge is 0.314 e. The molecule has 1 saturated heterocycles. The quantitative estimate of drug-likeness (QED) is 0.719. The molecule has 0 aromatic carbocycles. The van der Waals surface area contributed by atoms with Crippen molar-refractivity contribution in [2.75, 3.05) is 13.1 Å². The van der Waals surface area contributed by atoms with Crippen LogP contribution in [-0.4, -0.2) is 35.8 Å². The Labute approximate surface area is 104 Å². The summed E-state index contributed by atoms with van der Waals surface area (Å²) >= 11 is 0. The molecule has 1 atom stereocenters. The predicted molar refractivity (Wildman–Crippen MR) is 67.6 cm³/mol. The zero-order valence-corrected chi connectivity index (χ0v) is 11.0. The molecule has 1 aliphatic rings. The first-order valence-electron chi connectivity index (χ1n) is 6.71. The second-order valence-corrected chi connectivity index (χ2v) is 4.79. The smallest absolute Gasteiger partial charge is 0.229 e. The minimum absolute atomic E-state index is 0.00944. The highest BCUT2D eigenvalue weighted by atomic mass is 16.2. The van der Waals surface area contributed by atoms with Crippen LogP contribution in [0.25, 0.3) is 0 Å². The third-order valence-electron chi connectivity index (χ3n) is 3.16. The zero-order valence-electron chi connectivity index (χ0n) is 11.0. The number of rotatable bonds is 6. The molecule has 0 radical (unpaired) electrons. The summed E-state index contributed by atoms with van der Waals surface area (Å²) in [6.45, 7) is 5.78. The average molecular weight is 240 g/mol. The van der Waals surface area contributed by atoms with Gasteiger partial charge in [0.2, 0.25) is 11.8 Å². The number of likely N-dealkylation sites (tertiary alicyclic amines) is 1. The lowest BCUT2D eigenvalue weighted by Gasteiger charge is -2.21. The number of amides is 2. The fourth-order valence-electron chi connectivity index (χ4n) is 2.03. The monoisotopic (exact) mass is 240 g/mol. The van der Waals surface area contributed by atoms with Gasteiger partial charge in [-0.2, -0.15) is 0 Å². The van der Waals surface area contributed by atoms with Crippen molar-refractivity contribution in [1.29, 1.82) is 0 Å². The average Bonchev–Trinajstić information content (AvgIpc) is 2.46. The van der Waals surface area contributed by atoms with Crippen molar-refractivity contribution in [3.8, 4) is 0 Å². The van der Waals surface area contributed by atoms with Crippen molar-refractivity contribution >= 4 is 11.8 Å². The molecule has 0 aromatic heterocycles. The fourth-order valence-corrected chi connectivity index (χ4v) is 2.03. The van der Waals surface area contributed by atoms with Crippen molar-refractivity contribution in [3.05, 3.63) is 0 Å². The first-order chi connectivity index (χ1) is 8.15. The molecule has 1 unspecified atom stereocenters. The predicted octanol–water partition coefficient (Wildman–Crippen LogP) is 1.69. The number of nitrogens with one attached hydrogen (secondary N) is 1. The van der Waals surface area contributed by atoms with E-state index < -0.39 is 0 Å². The van der Waals surface area contributed by atoms with Crippen LogP contribution in [0.5, 0.6) is 0 Å². The lowest BCUT2D eigenvalue weighted by molar-refractivity contribution is -0.143. The van der Waals surface area contributed by atoms with Crippen LogP contribution in [0.2, 0.25) is 0 Å². The Morgan fingerprint density at radius 2 is 1.82 bits per heavy atom. The molecule has 0 bridgehead atoms. The summed E-state index contributed by atoms with van der Waals surface area (Å²) in [6.07, 6.45) is 4.71. The van der Waals surface area contributed by atoms with Crippen molar-refractivity contribution < 1.29 is 9.59 Å². The summed E-state index contributed by atoms with van der Waals surface area (Å²) in [7, 11) is 0. The van der Waals surface area contributed by atoms with Gasteiger partial charge in [0.05, 0.1) is 0 Å². The summed E-state index contributed by atoms with van der Waals surface area (Å²) < 4.78 is 0. The van der Waals surface area contributed by atoms with E-state index in [1.165, 1.54) is 4.90 Å². The topological polar surface area (TPSA) is 49.4 Å². The van der Waals surface area contributed by atoms with E-state index in [-0.39, 0.29) is 11.8 Å².